The third-order valence-electron chi connectivity index (χ3n) is 16.1. The van der Waals surface area contributed by atoms with Crippen LogP contribution in [0.25, 0.3) is 0 Å². The number of carbonyl (C=O) groups excluding carboxylic acids is 1. The average Bonchev–Trinajstić information content (AvgIpc) is 3.38. The van der Waals surface area contributed by atoms with E-state index in [1.807, 2.05) is 0 Å². The molecule has 16 N–H and O–H groups in total. The fourth-order valence-electron chi connectivity index (χ4n) is 11.6. The van der Waals surface area contributed by atoms with Crippen LogP contribution in [-0.4, -0.2) is 280 Å². The van der Waals surface area contributed by atoms with Gasteiger partial charge < -0.3 is 129 Å². The molecular weight excluding hydrogens is 996 g/mol. The highest BCUT2D eigenvalue weighted by Crippen LogP contribution is 2.45. The molecule has 3 saturated carbocycles. The van der Waals surface area contributed by atoms with Gasteiger partial charge in [0.25, 0.3) is 0 Å². The van der Waals surface area contributed by atoms with Crippen molar-refractivity contribution in [2.24, 2.45) is 17.8 Å². The van der Waals surface area contributed by atoms with E-state index < -0.39 is 210 Å². The predicted octanol–water partition coefficient (Wildman–Crippen LogP) is -7.25. The van der Waals surface area contributed by atoms with Crippen molar-refractivity contribution in [2.45, 2.75) is 230 Å². The molecule has 27 heteroatoms. The summed E-state index contributed by atoms with van der Waals surface area (Å²) in [4.78, 5) is 13.2. The van der Waals surface area contributed by atoms with Gasteiger partial charge in [0.2, 0.25) is 0 Å². The first-order valence-corrected chi connectivity index (χ1v) is 25.7. The second kappa shape index (κ2) is 25.6. The van der Waals surface area contributed by atoms with E-state index in [4.69, 9.17) is 47.4 Å². The lowest BCUT2D eigenvalue weighted by Gasteiger charge is -2.53. The van der Waals surface area contributed by atoms with Gasteiger partial charge in [0.15, 0.2) is 25.2 Å². The van der Waals surface area contributed by atoms with Gasteiger partial charge in [-0.15, -0.1) is 0 Å². The van der Waals surface area contributed by atoms with Crippen LogP contribution in [0.2, 0.25) is 0 Å². The molecule has 5 aliphatic heterocycles. The van der Waals surface area contributed by atoms with E-state index in [9.17, 15) is 86.5 Å². The summed E-state index contributed by atoms with van der Waals surface area (Å²) in [7, 11) is 0. The third-order valence-corrected chi connectivity index (χ3v) is 16.1. The fourth-order valence-corrected chi connectivity index (χ4v) is 11.6. The molecule has 5 saturated heterocycles. The summed E-state index contributed by atoms with van der Waals surface area (Å²) in [5.74, 6) is -2.13. The third kappa shape index (κ3) is 13.1. The summed E-state index contributed by atoms with van der Waals surface area (Å²) in [6.45, 7) is -2.47. The number of hydrogen-bond acceptors (Lipinski definition) is 27. The van der Waals surface area contributed by atoms with Gasteiger partial charge in [-0.25, -0.2) is 4.79 Å². The summed E-state index contributed by atoms with van der Waals surface area (Å²) in [5, 5.41) is 169. The van der Waals surface area contributed by atoms with Crippen LogP contribution in [0, 0.1) is 17.8 Å². The van der Waals surface area contributed by atoms with Crippen molar-refractivity contribution in [3.05, 3.63) is 12.2 Å². The number of allylic oxidation sites excluding steroid dienone is 1. The minimum absolute atomic E-state index is 0.0181. The highest BCUT2D eigenvalue weighted by atomic mass is 16.8. The van der Waals surface area contributed by atoms with Gasteiger partial charge >= 0.3 is 5.97 Å². The van der Waals surface area contributed by atoms with Gasteiger partial charge in [-0.3, -0.25) is 0 Å². The molecule has 0 bridgehead atoms. The molecule has 9 unspecified atom stereocenters. The number of esters is 1. The van der Waals surface area contributed by atoms with Gasteiger partial charge in [0, 0.05) is 18.4 Å². The van der Waals surface area contributed by atoms with Gasteiger partial charge in [-0.1, -0.05) is 6.08 Å². The van der Waals surface area contributed by atoms with E-state index in [2.05, 4.69) is 0 Å². The van der Waals surface area contributed by atoms with E-state index in [1.54, 1.807) is 6.08 Å². The molecule has 74 heavy (non-hydrogen) atoms. The van der Waals surface area contributed by atoms with Crippen molar-refractivity contribution in [2.75, 3.05) is 26.4 Å². The van der Waals surface area contributed by atoms with Crippen LogP contribution < -0.4 is 0 Å². The molecule has 8 fully saturated rings. The molecule has 0 aromatic carbocycles. The Hall–Kier alpha value is -1.79. The zero-order valence-corrected chi connectivity index (χ0v) is 40.5. The van der Waals surface area contributed by atoms with Crippen LogP contribution >= 0.6 is 0 Å². The minimum Gasteiger partial charge on any atom is -0.460 e. The Balaban J connectivity index is 0.969. The summed E-state index contributed by atoms with van der Waals surface area (Å²) >= 11 is 0. The first kappa shape index (κ1) is 58.4. The molecule has 0 radical (unpaired) electrons. The summed E-state index contributed by atoms with van der Waals surface area (Å²) in [6.07, 6.45) is -32.6. The van der Waals surface area contributed by atoms with Gasteiger partial charge in [-0.05, 0) is 69.6 Å². The maximum atomic E-state index is 13.2. The lowest BCUT2D eigenvalue weighted by atomic mass is 9.72. The molecular formula is C47H76O27. The molecule has 8 rings (SSSR count). The number of hydrogen-bond donors (Lipinski definition) is 16. The Labute approximate surface area is 425 Å². The Bertz CT molecular complexity index is 1790. The predicted molar refractivity (Wildman–Crippen MR) is 239 cm³/mol. The normalized spacial score (nSPS) is 51.6. The molecule has 0 aromatic heterocycles. The van der Waals surface area contributed by atoms with Crippen molar-refractivity contribution < 1.29 is 134 Å². The van der Waals surface area contributed by atoms with Gasteiger partial charge in [0.1, 0.15) is 98.2 Å². The number of rotatable bonds is 15. The highest BCUT2D eigenvalue weighted by molar-refractivity contribution is 5.81. The Morgan fingerprint density at radius 1 is 0.500 bits per heavy atom. The maximum absolute atomic E-state index is 13.2. The maximum Gasteiger partial charge on any atom is 0.330 e. The van der Waals surface area contributed by atoms with Crippen molar-refractivity contribution in [1.82, 2.24) is 0 Å². The van der Waals surface area contributed by atoms with Crippen molar-refractivity contribution >= 4 is 5.97 Å². The smallest absolute Gasteiger partial charge is 0.330 e. The van der Waals surface area contributed by atoms with E-state index in [0.29, 0.717) is 32.1 Å². The molecule has 0 spiro atoms. The summed E-state index contributed by atoms with van der Waals surface area (Å²) < 4.78 is 59.9. The minimum atomic E-state index is -1.93. The van der Waals surface area contributed by atoms with Gasteiger partial charge in [0.05, 0.1) is 68.7 Å². The zero-order chi connectivity index (χ0) is 53.3. The van der Waals surface area contributed by atoms with Crippen LogP contribution in [0.5, 0.6) is 0 Å². The van der Waals surface area contributed by atoms with Gasteiger partial charge in [-0.2, -0.15) is 0 Å². The Morgan fingerprint density at radius 3 is 1.73 bits per heavy atom. The van der Waals surface area contributed by atoms with Crippen LogP contribution in [0.1, 0.15) is 64.2 Å². The van der Waals surface area contributed by atoms with Crippen molar-refractivity contribution in [3.63, 3.8) is 0 Å². The quantitative estimate of drug-likeness (QED) is 0.0535. The molecule has 0 aromatic rings. The molecule has 5 heterocycles. The number of aliphatic hydroxyl groups is 16. The molecule has 426 valence electrons. The monoisotopic (exact) mass is 1070 g/mol. The van der Waals surface area contributed by atoms with Crippen LogP contribution in [0.15, 0.2) is 12.2 Å². The van der Waals surface area contributed by atoms with E-state index in [-0.39, 0.29) is 38.0 Å². The summed E-state index contributed by atoms with van der Waals surface area (Å²) in [6, 6.07) is 0. The highest BCUT2D eigenvalue weighted by Gasteiger charge is 2.56. The first-order chi connectivity index (χ1) is 35.3. The van der Waals surface area contributed by atoms with E-state index in [0.717, 1.165) is 0 Å². The topological polar surface area (TPSA) is 433 Å². The van der Waals surface area contributed by atoms with E-state index >= 15 is 0 Å². The Morgan fingerprint density at radius 2 is 1.09 bits per heavy atom. The van der Waals surface area contributed by atoms with Crippen molar-refractivity contribution in [3.8, 4) is 0 Å². The van der Waals surface area contributed by atoms with Crippen LogP contribution in [0.4, 0.5) is 0 Å². The molecule has 8 aliphatic rings. The SMILES string of the molecule is O=C(C=CC1CCC(O[C@@H]2O[C@H](CO)[C@@H](O)[C@H](O)[C@H]2O)CC1)OC[C@H]1O[C@@H](OC2CC3C(CC(O)CC3O[C@@H]3O[C@H](CO)[C@@H](O)[C@H](O)[C@H]3O)OC2C2CCC(O)C(O)C2)[C@H](O[C@@H]2OC[C@@H](O)[C@H](O)[C@H]2O)[C@@H](O)[C@@H]1O. The second-order valence-electron chi connectivity index (χ2n) is 21.2. The molecule has 0 amide bonds. The number of aliphatic hydroxyl groups excluding tert-OH is 16. The summed E-state index contributed by atoms with van der Waals surface area (Å²) in [5.41, 5.74) is 0. The standard InChI is InChI=1S/C47H76O27/c48-13-28-33(56)36(59)40(63)45(71-28)67-20-5-1-17(2-6-20)3-8-31(54)65-16-30-35(58)38(61)43(74-44-39(62)32(55)24(53)15-66-44)47(73-30)70-27-12-21-25(68-42(27)18-4-7-22(51)23(52)9-18)10-19(50)11-26(21)69-46-41(64)37(60)34(57)29(14-49)72-46/h3,8,17-30,32-53,55-64H,1-2,4-7,9-16H2/t17?,18?,19?,20?,21?,22?,23?,24-,25?,26?,27?,28-,29-,30-,32+,33-,34-,35-,36+,37+,38+,39-,40-,41-,42?,43-,44+,45-,46-,47-/m1/s1. The molecule has 3 aliphatic carbocycles. The first-order valence-electron chi connectivity index (χ1n) is 25.7. The second-order valence-corrected chi connectivity index (χ2v) is 21.2. The number of ether oxygens (including phenoxy) is 10. The lowest BCUT2D eigenvalue weighted by molar-refractivity contribution is -0.373. The fraction of sp³-hybridized carbons (Fsp3) is 0.936. The largest absolute Gasteiger partial charge is 0.460 e. The zero-order valence-electron chi connectivity index (χ0n) is 40.5. The van der Waals surface area contributed by atoms with Crippen molar-refractivity contribution in [1.29, 1.82) is 0 Å². The number of carbonyl (C=O) groups is 1. The van der Waals surface area contributed by atoms with Crippen LogP contribution in [-0.2, 0) is 52.2 Å². The molecule has 28 atom stereocenters. The lowest BCUT2D eigenvalue weighted by Crippen LogP contribution is -2.65. The average molecular weight is 1070 g/mol. The number of fused-ring (bicyclic) bond motifs is 1. The van der Waals surface area contributed by atoms with E-state index in [1.165, 1.54) is 6.08 Å². The van der Waals surface area contributed by atoms with Crippen LogP contribution in [0.3, 0.4) is 0 Å². The Kier molecular flexibility index (Phi) is 20.2. The molecule has 27 nitrogen and oxygen atoms in total.